The van der Waals surface area contributed by atoms with Crippen molar-refractivity contribution in [2.75, 3.05) is 6.54 Å². The van der Waals surface area contributed by atoms with Crippen LogP contribution in [0.2, 0.25) is 0 Å². The number of furan rings is 1. The Morgan fingerprint density at radius 1 is 1.31 bits per heavy atom. The van der Waals surface area contributed by atoms with Gasteiger partial charge in [0.25, 0.3) is 0 Å². The third-order valence-electron chi connectivity index (χ3n) is 2.38. The van der Waals surface area contributed by atoms with Gasteiger partial charge in [-0.25, -0.2) is 0 Å². The van der Waals surface area contributed by atoms with Crippen LogP contribution < -0.4 is 5.32 Å². The first-order valence-electron chi connectivity index (χ1n) is 5.48. The van der Waals surface area contributed by atoms with E-state index in [1.165, 1.54) is 0 Å². The van der Waals surface area contributed by atoms with Crippen LogP contribution in [0, 0.1) is 11.8 Å². The Morgan fingerprint density at radius 3 is 3.00 bits per heavy atom. The van der Waals surface area contributed by atoms with Gasteiger partial charge >= 0.3 is 0 Å². The molecule has 2 aromatic rings. The number of hydrogen-bond donors (Lipinski definition) is 1. The molecule has 0 saturated carbocycles. The second kappa shape index (κ2) is 5.39. The molecule has 1 aromatic heterocycles. The highest BCUT2D eigenvalue weighted by Crippen LogP contribution is 2.18. The van der Waals surface area contributed by atoms with Gasteiger partial charge in [-0.2, -0.15) is 0 Å². The molecule has 2 nitrogen and oxygen atoms in total. The van der Waals surface area contributed by atoms with Crippen LogP contribution in [0.4, 0.5) is 0 Å². The number of rotatable bonds is 4. The molecule has 0 saturated heterocycles. The lowest BCUT2D eigenvalue weighted by molar-refractivity contribution is 0.517. The molecule has 0 amide bonds. The van der Waals surface area contributed by atoms with Gasteiger partial charge in [0.2, 0.25) is 0 Å². The Labute approximate surface area is 95.6 Å². The highest BCUT2D eigenvalue weighted by atomic mass is 16.3. The average molecular weight is 213 g/mol. The van der Waals surface area contributed by atoms with E-state index in [4.69, 9.17) is 4.42 Å². The van der Waals surface area contributed by atoms with E-state index in [9.17, 15) is 0 Å². The second-order valence-electron chi connectivity index (χ2n) is 3.60. The largest absolute Gasteiger partial charge is 0.460 e. The van der Waals surface area contributed by atoms with Crippen LogP contribution in [0.3, 0.4) is 0 Å². The quantitative estimate of drug-likeness (QED) is 0.624. The predicted molar refractivity (Wildman–Crippen MR) is 66.0 cm³/mol. The number of para-hydroxylation sites is 1. The summed E-state index contributed by atoms with van der Waals surface area (Å²) in [4.78, 5) is 0. The minimum atomic E-state index is 0.764. The number of benzene rings is 1. The Balaban J connectivity index is 1.91. The molecule has 0 fully saturated rings. The zero-order valence-corrected chi connectivity index (χ0v) is 9.42. The minimum Gasteiger partial charge on any atom is -0.460 e. The lowest BCUT2D eigenvalue weighted by atomic mass is 10.2. The smallest absolute Gasteiger partial charge is 0.134 e. The molecule has 1 heterocycles. The molecule has 0 radical (unpaired) electrons. The highest BCUT2D eigenvalue weighted by molar-refractivity contribution is 5.77. The molecule has 0 aliphatic carbocycles. The lowest BCUT2D eigenvalue weighted by Crippen LogP contribution is -2.13. The van der Waals surface area contributed by atoms with E-state index in [-0.39, 0.29) is 0 Å². The van der Waals surface area contributed by atoms with Crippen LogP contribution in [0.15, 0.2) is 34.7 Å². The number of hydrogen-bond acceptors (Lipinski definition) is 2. The summed E-state index contributed by atoms with van der Waals surface area (Å²) >= 11 is 0. The van der Waals surface area contributed by atoms with Gasteiger partial charge in [-0.05, 0) is 19.1 Å². The van der Waals surface area contributed by atoms with E-state index in [0.29, 0.717) is 0 Å². The Morgan fingerprint density at radius 2 is 2.19 bits per heavy atom. The van der Waals surface area contributed by atoms with E-state index in [2.05, 4.69) is 29.3 Å². The van der Waals surface area contributed by atoms with E-state index in [1.54, 1.807) is 0 Å². The molecule has 2 heteroatoms. The molecule has 0 spiro atoms. The van der Waals surface area contributed by atoms with Crippen molar-refractivity contribution in [3.05, 3.63) is 36.1 Å². The molecule has 0 unspecified atom stereocenters. The van der Waals surface area contributed by atoms with Crippen LogP contribution >= 0.6 is 0 Å². The standard InChI is InChI=1S/C14H15NO/c1-2-3-6-9-15-11-13-10-12-7-4-5-8-14(12)16-13/h4-5,7-8,10,15H,6,9,11H2,1H3. The summed E-state index contributed by atoms with van der Waals surface area (Å²) in [6.07, 6.45) is 0.886. The fourth-order valence-corrected chi connectivity index (χ4v) is 1.61. The van der Waals surface area contributed by atoms with Crippen LogP contribution in [0.1, 0.15) is 19.1 Å². The maximum atomic E-state index is 5.68. The molecule has 1 N–H and O–H groups in total. The van der Waals surface area contributed by atoms with Crippen LogP contribution in [0.5, 0.6) is 0 Å². The van der Waals surface area contributed by atoms with Gasteiger partial charge in [-0.15, -0.1) is 11.8 Å². The zero-order chi connectivity index (χ0) is 11.2. The first kappa shape index (κ1) is 10.8. The molecule has 82 valence electrons. The molecule has 0 aliphatic rings. The summed E-state index contributed by atoms with van der Waals surface area (Å²) in [6.45, 7) is 3.53. The monoisotopic (exact) mass is 213 g/mol. The minimum absolute atomic E-state index is 0.764. The maximum Gasteiger partial charge on any atom is 0.134 e. The number of fused-ring (bicyclic) bond motifs is 1. The molecular weight excluding hydrogens is 198 g/mol. The van der Waals surface area contributed by atoms with Crippen molar-refractivity contribution >= 4 is 11.0 Å². The van der Waals surface area contributed by atoms with Gasteiger partial charge in [0.1, 0.15) is 11.3 Å². The van der Waals surface area contributed by atoms with Crippen LogP contribution in [0.25, 0.3) is 11.0 Å². The summed E-state index contributed by atoms with van der Waals surface area (Å²) in [5, 5.41) is 4.46. The molecule has 0 aliphatic heterocycles. The van der Waals surface area contributed by atoms with Crippen molar-refractivity contribution in [1.82, 2.24) is 5.32 Å². The first-order chi connectivity index (χ1) is 7.90. The first-order valence-corrected chi connectivity index (χ1v) is 5.48. The summed E-state index contributed by atoms with van der Waals surface area (Å²) < 4.78 is 5.68. The van der Waals surface area contributed by atoms with Gasteiger partial charge in [-0.3, -0.25) is 0 Å². The van der Waals surface area contributed by atoms with Gasteiger partial charge < -0.3 is 9.73 Å². The van der Waals surface area contributed by atoms with Crippen molar-refractivity contribution in [2.45, 2.75) is 19.9 Å². The molecule has 16 heavy (non-hydrogen) atoms. The Kier molecular flexibility index (Phi) is 3.63. The summed E-state index contributed by atoms with van der Waals surface area (Å²) in [6, 6.07) is 10.1. The topological polar surface area (TPSA) is 25.2 Å². The van der Waals surface area contributed by atoms with Crippen LogP contribution in [-0.4, -0.2) is 6.54 Å². The van der Waals surface area contributed by atoms with Crippen molar-refractivity contribution in [1.29, 1.82) is 0 Å². The van der Waals surface area contributed by atoms with E-state index in [0.717, 1.165) is 36.2 Å². The van der Waals surface area contributed by atoms with E-state index < -0.39 is 0 Å². The molecule has 1 aromatic carbocycles. The second-order valence-corrected chi connectivity index (χ2v) is 3.60. The molecule has 2 rings (SSSR count). The fourth-order valence-electron chi connectivity index (χ4n) is 1.61. The molecule has 0 atom stereocenters. The summed E-state index contributed by atoms with van der Waals surface area (Å²) in [7, 11) is 0. The van der Waals surface area contributed by atoms with E-state index in [1.807, 2.05) is 25.1 Å². The van der Waals surface area contributed by atoms with Gasteiger partial charge in [0, 0.05) is 18.4 Å². The Hall–Kier alpha value is -1.72. The number of nitrogens with one attached hydrogen (secondary N) is 1. The van der Waals surface area contributed by atoms with Gasteiger partial charge in [0.15, 0.2) is 0 Å². The van der Waals surface area contributed by atoms with Gasteiger partial charge in [-0.1, -0.05) is 18.2 Å². The summed E-state index contributed by atoms with van der Waals surface area (Å²) in [5.41, 5.74) is 0.952. The Bertz CT molecular complexity index is 483. The van der Waals surface area contributed by atoms with Crippen LogP contribution in [-0.2, 0) is 6.54 Å². The van der Waals surface area contributed by atoms with E-state index >= 15 is 0 Å². The van der Waals surface area contributed by atoms with Crippen molar-refractivity contribution in [2.24, 2.45) is 0 Å². The van der Waals surface area contributed by atoms with Crippen molar-refractivity contribution < 1.29 is 4.42 Å². The lowest BCUT2D eigenvalue weighted by Gasteiger charge is -1.97. The van der Waals surface area contributed by atoms with Crippen molar-refractivity contribution in [3.8, 4) is 11.8 Å². The predicted octanol–water partition coefficient (Wildman–Crippen LogP) is 2.94. The normalized spacial score (nSPS) is 10.1. The third-order valence-corrected chi connectivity index (χ3v) is 2.38. The van der Waals surface area contributed by atoms with Crippen molar-refractivity contribution in [3.63, 3.8) is 0 Å². The van der Waals surface area contributed by atoms with Gasteiger partial charge in [0.05, 0.1) is 6.54 Å². The fraction of sp³-hybridized carbons (Fsp3) is 0.286. The average Bonchev–Trinajstić information content (AvgIpc) is 2.71. The summed E-state index contributed by atoms with van der Waals surface area (Å²) in [5.74, 6) is 6.87. The third kappa shape index (κ3) is 2.65. The SMILES string of the molecule is CC#CCCNCc1cc2ccccc2o1. The molecule has 0 bridgehead atoms. The zero-order valence-electron chi connectivity index (χ0n) is 9.42. The maximum absolute atomic E-state index is 5.68. The molecular formula is C14H15NO. The highest BCUT2D eigenvalue weighted by Gasteiger charge is 2.01.